The zero-order valence-electron chi connectivity index (χ0n) is 12.0. The highest BCUT2D eigenvalue weighted by Gasteiger charge is 2.23. The van der Waals surface area contributed by atoms with Gasteiger partial charge in [-0.2, -0.15) is 8.78 Å². The van der Waals surface area contributed by atoms with Crippen molar-refractivity contribution in [2.75, 3.05) is 18.9 Å². The molecule has 1 aliphatic carbocycles. The smallest absolute Gasteiger partial charge is 0.387 e. The SMILES string of the molecule is CN(CC(=O)NC1CC1)C(=S)Nc1ccc(OC(F)F)cc1. The molecular formula is C14H17F2N3O2S. The molecule has 0 unspecified atom stereocenters. The first-order valence-electron chi connectivity index (χ1n) is 6.80. The summed E-state index contributed by atoms with van der Waals surface area (Å²) in [7, 11) is 1.70. The molecule has 0 atom stereocenters. The molecular weight excluding hydrogens is 312 g/mol. The molecule has 1 aromatic carbocycles. The van der Waals surface area contributed by atoms with E-state index in [1.54, 1.807) is 24.1 Å². The maximum Gasteiger partial charge on any atom is 0.387 e. The van der Waals surface area contributed by atoms with E-state index in [2.05, 4.69) is 15.4 Å². The van der Waals surface area contributed by atoms with Gasteiger partial charge in [0.15, 0.2) is 5.11 Å². The summed E-state index contributed by atoms with van der Waals surface area (Å²) in [5.41, 5.74) is 0.626. The summed E-state index contributed by atoms with van der Waals surface area (Å²) in [6, 6.07) is 6.28. The monoisotopic (exact) mass is 329 g/mol. The third-order valence-electron chi connectivity index (χ3n) is 3.00. The van der Waals surface area contributed by atoms with Gasteiger partial charge in [-0.05, 0) is 49.3 Å². The number of rotatable bonds is 6. The summed E-state index contributed by atoms with van der Waals surface area (Å²) < 4.78 is 28.4. The Hall–Kier alpha value is -1.96. The maximum atomic E-state index is 12.1. The second kappa shape index (κ2) is 7.35. The van der Waals surface area contributed by atoms with E-state index in [1.165, 1.54) is 12.1 Å². The summed E-state index contributed by atoms with van der Waals surface area (Å²) in [6.45, 7) is -2.69. The van der Waals surface area contributed by atoms with Crippen LogP contribution in [-0.4, -0.2) is 42.2 Å². The molecule has 0 heterocycles. The first kappa shape index (κ1) is 16.4. The molecule has 0 radical (unpaired) electrons. The number of carbonyl (C=O) groups excluding carboxylic acids is 1. The fourth-order valence-corrected chi connectivity index (χ4v) is 1.91. The Kier molecular flexibility index (Phi) is 5.48. The number of carbonyl (C=O) groups is 1. The quantitative estimate of drug-likeness (QED) is 0.784. The molecule has 0 saturated heterocycles. The first-order valence-corrected chi connectivity index (χ1v) is 7.21. The standard InChI is InChI=1S/C14H17F2N3O2S/c1-19(8-12(20)17-9-2-3-9)14(22)18-10-4-6-11(7-5-10)21-13(15)16/h4-7,9,13H,2-3,8H2,1H3,(H,17,20)(H,18,22). The molecule has 1 aromatic rings. The number of likely N-dealkylation sites (N-methyl/N-ethyl adjacent to an activating group) is 1. The molecule has 2 N–H and O–H groups in total. The zero-order valence-corrected chi connectivity index (χ0v) is 12.8. The molecule has 5 nitrogen and oxygen atoms in total. The molecule has 0 bridgehead atoms. The Morgan fingerprint density at radius 2 is 2.05 bits per heavy atom. The molecule has 0 aliphatic heterocycles. The van der Waals surface area contributed by atoms with Crippen molar-refractivity contribution < 1.29 is 18.3 Å². The summed E-state index contributed by atoms with van der Waals surface area (Å²) in [4.78, 5) is 13.3. The number of hydrogen-bond donors (Lipinski definition) is 2. The van der Waals surface area contributed by atoms with Gasteiger partial charge in [0.25, 0.3) is 0 Å². The number of halogens is 2. The van der Waals surface area contributed by atoms with Crippen molar-refractivity contribution in [3.63, 3.8) is 0 Å². The minimum atomic E-state index is -2.85. The van der Waals surface area contributed by atoms with Gasteiger partial charge in [0, 0.05) is 18.8 Å². The Balaban J connectivity index is 1.80. The number of thiocarbonyl (C=S) groups is 1. The van der Waals surface area contributed by atoms with E-state index < -0.39 is 6.61 Å². The van der Waals surface area contributed by atoms with Crippen molar-refractivity contribution in [2.24, 2.45) is 0 Å². The molecule has 1 aliphatic rings. The normalized spacial score (nSPS) is 13.6. The van der Waals surface area contributed by atoms with Gasteiger partial charge in [-0.15, -0.1) is 0 Å². The van der Waals surface area contributed by atoms with E-state index in [-0.39, 0.29) is 18.2 Å². The average Bonchev–Trinajstić information content (AvgIpc) is 3.24. The third-order valence-corrected chi connectivity index (χ3v) is 3.41. The molecule has 0 aromatic heterocycles. The van der Waals surface area contributed by atoms with Crippen LogP contribution < -0.4 is 15.4 Å². The van der Waals surface area contributed by atoms with E-state index >= 15 is 0 Å². The van der Waals surface area contributed by atoms with Crippen LogP contribution in [0.4, 0.5) is 14.5 Å². The van der Waals surface area contributed by atoms with Crippen LogP contribution in [-0.2, 0) is 4.79 Å². The fourth-order valence-electron chi connectivity index (χ4n) is 1.73. The van der Waals surface area contributed by atoms with Crippen LogP contribution in [0.15, 0.2) is 24.3 Å². The number of alkyl halides is 2. The number of hydrogen-bond acceptors (Lipinski definition) is 3. The number of ether oxygens (including phenoxy) is 1. The third kappa shape index (κ3) is 5.44. The topological polar surface area (TPSA) is 53.6 Å². The minimum Gasteiger partial charge on any atom is -0.435 e. The number of benzene rings is 1. The van der Waals surface area contributed by atoms with Crippen molar-refractivity contribution in [1.82, 2.24) is 10.2 Å². The summed E-state index contributed by atoms with van der Waals surface area (Å²) in [6.07, 6.45) is 2.07. The molecule has 22 heavy (non-hydrogen) atoms. The van der Waals surface area contributed by atoms with Crippen LogP contribution in [0.25, 0.3) is 0 Å². The first-order chi connectivity index (χ1) is 10.4. The molecule has 1 amide bonds. The van der Waals surface area contributed by atoms with Gasteiger partial charge < -0.3 is 20.3 Å². The molecule has 120 valence electrons. The number of nitrogens with one attached hydrogen (secondary N) is 2. The minimum absolute atomic E-state index is 0.0728. The Bertz CT molecular complexity index is 535. The number of amides is 1. The lowest BCUT2D eigenvalue weighted by Gasteiger charge is -2.20. The van der Waals surface area contributed by atoms with Crippen LogP contribution in [0.3, 0.4) is 0 Å². The second-order valence-electron chi connectivity index (χ2n) is 5.03. The fraction of sp³-hybridized carbons (Fsp3) is 0.429. The zero-order chi connectivity index (χ0) is 16.1. The molecule has 2 rings (SSSR count). The van der Waals surface area contributed by atoms with Crippen molar-refractivity contribution in [2.45, 2.75) is 25.5 Å². The second-order valence-corrected chi connectivity index (χ2v) is 5.42. The van der Waals surface area contributed by atoms with E-state index in [4.69, 9.17) is 12.2 Å². The van der Waals surface area contributed by atoms with Crippen LogP contribution in [0.5, 0.6) is 5.75 Å². The largest absolute Gasteiger partial charge is 0.435 e. The molecule has 8 heteroatoms. The van der Waals surface area contributed by atoms with Gasteiger partial charge in [0.05, 0.1) is 6.54 Å². The van der Waals surface area contributed by atoms with E-state index in [9.17, 15) is 13.6 Å². The predicted molar refractivity (Wildman–Crippen MR) is 83.1 cm³/mol. The predicted octanol–water partition coefficient (Wildman–Crippen LogP) is 2.20. The maximum absolute atomic E-state index is 12.1. The van der Waals surface area contributed by atoms with Crippen LogP contribution in [0.1, 0.15) is 12.8 Å². The number of nitrogens with zero attached hydrogens (tertiary/aromatic N) is 1. The summed E-state index contributed by atoms with van der Waals surface area (Å²) >= 11 is 5.19. The van der Waals surface area contributed by atoms with Gasteiger partial charge in [0.1, 0.15) is 5.75 Å². The summed E-state index contributed by atoms with van der Waals surface area (Å²) in [5, 5.41) is 6.17. The molecule has 1 saturated carbocycles. The van der Waals surface area contributed by atoms with Crippen LogP contribution in [0.2, 0.25) is 0 Å². The Labute approximate surface area is 132 Å². The van der Waals surface area contributed by atoms with Gasteiger partial charge in [0.2, 0.25) is 5.91 Å². The highest BCUT2D eigenvalue weighted by molar-refractivity contribution is 7.80. The van der Waals surface area contributed by atoms with Crippen LogP contribution in [0, 0.1) is 0 Å². The highest BCUT2D eigenvalue weighted by atomic mass is 32.1. The highest BCUT2D eigenvalue weighted by Crippen LogP contribution is 2.19. The summed E-state index contributed by atoms with van der Waals surface area (Å²) in [5.74, 6) is -0.00142. The molecule has 1 fully saturated rings. The Morgan fingerprint density at radius 1 is 1.41 bits per heavy atom. The van der Waals surface area contributed by atoms with Gasteiger partial charge in [-0.3, -0.25) is 4.79 Å². The van der Waals surface area contributed by atoms with E-state index in [0.717, 1.165) is 12.8 Å². The lowest BCUT2D eigenvalue weighted by molar-refractivity contribution is -0.121. The van der Waals surface area contributed by atoms with Crippen molar-refractivity contribution in [3.8, 4) is 5.75 Å². The van der Waals surface area contributed by atoms with E-state index in [1.807, 2.05) is 0 Å². The van der Waals surface area contributed by atoms with Gasteiger partial charge in [-0.25, -0.2) is 0 Å². The Morgan fingerprint density at radius 3 is 2.59 bits per heavy atom. The van der Waals surface area contributed by atoms with Crippen molar-refractivity contribution in [1.29, 1.82) is 0 Å². The van der Waals surface area contributed by atoms with Crippen molar-refractivity contribution >= 4 is 28.9 Å². The lowest BCUT2D eigenvalue weighted by Crippen LogP contribution is -2.40. The van der Waals surface area contributed by atoms with Crippen molar-refractivity contribution in [3.05, 3.63) is 24.3 Å². The average molecular weight is 329 g/mol. The lowest BCUT2D eigenvalue weighted by atomic mass is 10.3. The molecule has 0 spiro atoms. The van der Waals surface area contributed by atoms with Crippen LogP contribution >= 0.6 is 12.2 Å². The number of anilines is 1. The van der Waals surface area contributed by atoms with E-state index in [0.29, 0.717) is 16.8 Å². The van der Waals surface area contributed by atoms with Gasteiger partial charge >= 0.3 is 6.61 Å². The van der Waals surface area contributed by atoms with Gasteiger partial charge in [-0.1, -0.05) is 0 Å².